The summed E-state index contributed by atoms with van der Waals surface area (Å²) in [5, 5.41) is 3.43. The summed E-state index contributed by atoms with van der Waals surface area (Å²) in [5.74, 6) is 0. The van der Waals surface area contributed by atoms with E-state index in [4.69, 9.17) is 0 Å². The van der Waals surface area contributed by atoms with Crippen LogP contribution >= 0.6 is 0 Å². The molecule has 1 atom stereocenters. The van der Waals surface area contributed by atoms with Gasteiger partial charge in [0.05, 0.1) is 6.17 Å². The third-order valence-corrected chi connectivity index (χ3v) is 1.98. The molecule has 1 aliphatic rings. The van der Waals surface area contributed by atoms with E-state index in [9.17, 15) is 0 Å². The fourth-order valence-corrected chi connectivity index (χ4v) is 1.22. The van der Waals surface area contributed by atoms with Crippen LogP contribution in [0.3, 0.4) is 0 Å². The second-order valence-electron chi connectivity index (χ2n) is 3.20. The first kappa shape index (κ1) is 7.98. The number of hydrogen-bond acceptors (Lipinski definition) is 3. The molecule has 0 aliphatic carbocycles. The molecule has 1 N–H and O–H groups in total. The molecule has 0 amide bonds. The highest BCUT2D eigenvalue weighted by Gasteiger charge is 2.16. The van der Waals surface area contributed by atoms with Crippen molar-refractivity contribution in [2.24, 2.45) is 0 Å². The second-order valence-corrected chi connectivity index (χ2v) is 3.20. The van der Waals surface area contributed by atoms with Crippen molar-refractivity contribution in [3.05, 3.63) is 0 Å². The largest absolute Gasteiger partial charge is 0.302 e. The van der Waals surface area contributed by atoms with E-state index < -0.39 is 0 Å². The molecule has 0 aromatic rings. The lowest BCUT2D eigenvalue weighted by Crippen LogP contribution is -2.55. The lowest BCUT2D eigenvalue weighted by molar-refractivity contribution is 0.139. The molecule has 0 aromatic carbocycles. The second kappa shape index (κ2) is 3.32. The summed E-state index contributed by atoms with van der Waals surface area (Å²) in [6.45, 7) is 3.41. The van der Waals surface area contributed by atoms with Crippen molar-refractivity contribution in [2.45, 2.75) is 6.17 Å². The molecule has 1 aliphatic heterocycles. The fourth-order valence-electron chi connectivity index (χ4n) is 1.22. The van der Waals surface area contributed by atoms with Gasteiger partial charge in [0.2, 0.25) is 0 Å². The van der Waals surface area contributed by atoms with E-state index >= 15 is 0 Å². The van der Waals surface area contributed by atoms with Crippen molar-refractivity contribution in [1.29, 1.82) is 0 Å². The fraction of sp³-hybridized carbons (Fsp3) is 1.00. The molecule has 3 nitrogen and oxygen atoms in total. The molecule has 3 heteroatoms. The topological polar surface area (TPSA) is 18.5 Å². The van der Waals surface area contributed by atoms with Crippen LogP contribution in [0.4, 0.5) is 0 Å². The van der Waals surface area contributed by atoms with Gasteiger partial charge in [0.15, 0.2) is 0 Å². The van der Waals surface area contributed by atoms with Crippen LogP contribution in [0.5, 0.6) is 0 Å². The molecule has 1 saturated heterocycles. The number of hydrogen-bond donors (Lipinski definition) is 1. The van der Waals surface area contributed by atoms with Crippen LogP contribution in [0, 0.1) is 0 Å². The number of nitrogens with zero attached hydrogens (tertiary/aromatic N) is 2. The van der Waals surface area contributed by atoms with Gasteiger partial charge < -0.3 is 4.90 Å². The molecule has 1 unspecified atom stereocenters. The quantitative estimate of drug-likeness (QED) is 0.529. The average Bonchev–Trinajstić information content (AvgIpc) is 1.88. The van der Waals surface area contributed by atoms with Crippen LogP contribution in [0.2, 0.25) is 0 Å². The van der Waals surface area contributed by atoms with E-state index in [0.717, 1.165) is 13.1 Å². The predicted octanol–water partition coefficient (Wildman–Crippen LogP) is -0.591. The molecular weight excluding hydrogens is 126 g/mol. The monoisotopic (exact) mass is 143 g/mol. The van der Waals surface area contributed by atoms with Crippen molar-refractivity contribution in [1.82, 2.24) is 15.1 Å². The lowest BCUT2D eigenvalue weighted by atomic mass is 10.3. The van der Waals surface area contributed by atoms with Gasteiger partial charge in [-0.25, -0.2) is 0 Å². The van der Waals surface area contributed by atoms with Gasteiger partial charge in [-0.1, -0.05) is 0 Å². The van der Waals surface area contributed by atoms with Gasteiger partial charge in [-0.15, -0.1) is 0 Å². The summed E-state index contributed by atoms with van der Waals surface area (Å²) in [5.41, 5.74) is 0. The average molecular weight is 143 g/mol. The van der Waals surface area contributed by atoms with Crippen LogP contribution in [-0.2, 0) is 0 Å². The molecule has 0 spiro atoms. The Morgan fingerprint density at radius 2 is 2.20 bits per heavy atom. The van der Waals surface area contributed by atoms with Crippen molar-refractivity contribution in [3.8, 4) is 0 Å². The molecule has 0 saturated carbocycles. The van der Waals surface area contributed by atoms with Gasteiger partial charge >= 0.3 is 0 Å². The van der Waals surface area contributed by atoms with Crippen molar-refractivity contribution in [2.75, 3.05) is 40.8 Å². The molecule has 1 heterocycles. The Bertz CT molecular complexity index is 103. The van der Waals surface area contributed by atoms with E-state index in [-0.39, 0.29) is 0 Å². The van der Waals surface area contributed by atoms with E-state index in [0.29, 0.717) is 6.17 Å². The Balaban J connectivity index is 2.32. The van der Waals surface area contributed by atoms with Crippen molar-refractivity contribution < 1.29 is 0 Å². The van der Waals surface area contributed by atoms with Gasteiger partial charge in [0, 0.05) is 19.6 Å². The van der Waals surface area contributed by atoms with Crippen LogP contribution in [0.25, 0.3) is 0 Å². The molecule has 0 radical (unpaired) electrons. The van der Waals surface area contributed by atoms with Crippen molar-refractivity contribution >= 4 is 0 Å². The third kappa shape index (κ3) is 1.94. The number of piperazine rings is 1. The highest BCUT2D eigenvalue weighted by Crippen LogP contribution is 1.96. The molecule has 1 rings (SSSR count). The molecule has 0 bridgehead atoms. The Morgan fingerprint density at radius 3 is 2.60 bits per heavy atom. The minimum absolute atomic E-state index is 0.541. The molecular formula is C7H17N3. The first-order valence-corrected chi connectivity index (χ1v) is 3.78. The predicted molar refractivity (Wildman–Crippen MR) is 43.0 cm³/mol. The van der Waals surface area contributed by atoms with Gasteiger partial charge in [0.1, 0.15) is 0 Å². The molecule has 60 valence electrons. The van der Waals surface area contributed by atoms with E-state index in [1.165, 1.54) is 6.54 Å². The van der Waals surface area contributed by atoms with Crippen molar-refractivity contribution in [3.63, 3.8) is 0 Å². The van der Waals surface area contributed by atoms with E-state index in [1.54, 1.807) is 0 Å². The normalized spacial score (nSPS) is 29.4. The van der Waals surface area contributed by atoms with Crippen LogP contribution in [0.15, 0.2) is 0 Å². The van der Waals surface area contributed by atoms with Crippen LogP contribution in [-0.4, -0.2) is 56.7 Å². The highest BCUT2D eigenvalue weighted by atomic mass is 15.3. The summed E-state index contributed by atoms with van der Waals surface area (Å²) in [6, 6.07) is 0. The third-order valence-electron chi connectivity index (χ3n) is 1.98. The van der Waals surface area contributed by atoms with Gasteiger partial charge in [-0.2, -0.15) is 0 Å². The zero-order chi connectivity index (χ0) is 7.56. The maximum absolute atomic E-state index is 3.43. The maximum Gasteiger partial charge on any atom is 0.0723 e. The minimum atomic E-state index is 0.541. The summed E-state index contributed by atoms with van der Waals surface area (Å²) in [7, 11) is 6.38. The maximum atomic E-state index is 3.43. The lowest BCUT2D eigenvalue weighted by Gasteiger charge is -2.34. The molecule has 1 fully saturated rings. The number of likely N-dealkylation sites (N-methyl/N-ethyl adjacent to an activating group) is 2. The van der Waals surface area contributed by atoms with Gasteiger partial charge in [0.25, 0.3) is 0 Å². The Labute approximate surface area is 63.0 Å². The summed E-state index contributed by atoms with van der Waals surface area (Å²) >= 11 is 0. The zero-order valence-electron chi connectivity index (χ0n) is 7.09. The first-order valence-electron chi connectivity index (χ1n) is 3.78. The van der Waals surface area contributed by atoms with E-state index in [1.807, 2.05) is 0 Å². The standard InChI is InChI=1S/C7H17N3/c1-9(2)7-6-10(3)5-4-8-7/h7-8H,4-6H2,1-3H3. The van der Waals surface area contributed by atoms with Crippen LogP contribution in [0.1, 0.15) is 0 Å². The summed E-state index contributed by atoms with van der Waals surface area (Å²) in [4.78, 5) is 4.57. The van der Waals surface area contributed by atoms with E-state index in [2.05, 4.69) is 36.3 Å². The molecule has 0 aromatic heterocycles. The molecule has 10 heavy (non-hydrogen) atoms. The summed E-state index contributed by atoms with van der Waals surface area (Å²) in [6.07, 6.45) is 0.541. The minimum Gasteiger partial charge on any atom is -0.302 e. The SMILES string of the molecule is CN1CCNC(N(C)C)C1. The van der Waals surface area contributed by atoms with Gasteiger partial charge in [-0.3, -0.25) is 10.2 Å². The number of rotatable bonds is 1. The van der Waals surface area contributed by atoms with Gasteiger partial charge in [-0.05, 0) is 21.1 Å². The Morgan fingerprint density at radius 1 is 1.50 bits per heavy atom. The first-order chi connectivity index (χ1) is 4.70. The highest BCUT2D eigenvalue weighted by molar-refractivity contribution is 4.73. The smallest absolute Gasteiger partial charge is 0.0723 e. The van der Waals surface area contributed by atoms with Crippen LogP contribution < -0.4 is 5.32 Å². The zero-order valence-corrected chi connectivity index (χ0v) is 7.09. The Kier molecular flexibility index (Phi) is 2.65. The summed E-state index contributed by atoms with van der Waals surface area (Å²) < 4.78 is 0. The number of nitrogens with one attached hydrogen (secondary N) is 1. The Hall–Kier alpha value is -0.120.